The predicted molar refractivity (Wildman–Crippen MR) is 69.8 cm³/mol. The summed E-state index contributed by atoms with van der Waals surface area (Å²) in [4.78, 5) is 20.4. The molecule has 0 bridgehead atoms. The van der Waals surface area contributed by atoms with Crippen LogP contribution in [0.1, 0.15) is 0 Å². The van der Waals surface area contributed by atoms with E-state index in [0.29, 0.717) is 28.4 Å². The first kappa shape index (κ1) is 11.3. The molecule has 0 saturated heterocycles. The van der Waals surface area contributed by atoms with Crippen LogP contribution in [0.3, 0.4) is 0 Å². The van der Waals surface area contributed by atoms with Crippen LogP contribution in [0.15, 0.2) is 41.3 Å². The molecule has 0 spiro atoms. The lowest BCUT2D eigenvalue weighted by Crippen LogP contribution is -1.99. The zero-order valence-corrected chi connectivity index (χ0v) is 10.1. The van der Waals surface area contributed by atoms with Crippen LogP contribution in [0.2, 0.25) is 0 Å². The van der Waals surface area contributed by atoms with E-state index < -0.39 is 0 Å². The van der Waals surface area contributed by atoms with E-state index in [9.17, 15) is 4.79 Å². The Labute approximate surface area is 108 Å². The number of aromatic nitrogens is 3. The highest BCUT2D eigenvalue weighted by atomic mass is 16.5. The van der Waals surface area contributed by atoms with Crippen LogP contribution in [0, 0.1) is 0 Å². The van der Waals surface area contributed by atoms with E-state index in [1.165, 1.54) is 0 Å². The van der Waals surface area contributed by atoms with Crippen molar-refractivity contribution in [3.05, 3.63) is 47.0 Å². The molecule has 1 aromatic carbocycles. The van der Waals surface area contributed by atoms with Gasteiger partial charge in [-0.1, -0.05) is 6.07 Å². The molecule has 2 N–H and O–H groups in total. The first-order valence-electron chi connectivity index (χ1n) is 5.64. The monoisotopic (exact) mass is 257 g/mol. The molecule has 3 aromatic rings. The van der Waals surface area contributed by atoms with Gasteiger partial charge in [0.2, 0.25) is 0 Å². The Hall–Kier alpha value is -2.76. The van der Waals surface area contributed by atoms with Crippen LogP contribution in [0.5, 0.6) is 17.2 Å². The Morgan fingerprint density at radius 2 is 1.95 bits per heavy atom. The quantitative estimate of drug-likeness (QED) is 0.752. The van der Waals surface area contributed by atoms with Crippen molar-refractivity contribution in [3.63, 3.8) is 0 Å². The van der Waals surface area contributed by atoms with Crippen LogP contribution in [-0.2, 0) is 0 Å². The SMILES string of the molecule is COc1cccc(Oc2cnc3[nH]c(=O)[nH]c3c2)c1. The number of H-pyrrole nitrogens is 2. The molecule has 2 aromatic heterocycles. The largest absolute Gasteiger partial charge is 0.497 e. The Kier molecular flexibility index (Phi) is 2.68. The van der Waals surface area contributed by atoms with Crippen molar-refractivity contribution in [2.45, 2.75) is 0 Å². The van der Waals surface area contributed by atoms with Crippen LogP contribution >= 0.6 is 0 Å². The molecule has 0 unspecified atom stereocenters. The standard InChI is InChI=1S/C13H11N3O3/c1-18-8-3-2-4-9(5-8)19-10-6-11-12(14-7-10)16-13(17)15-11/h2-7H,1H3,(H2,14,15,16,17). The molecule has 6 nitrogen and oxygen atoms in total. The number of hydrogen-bond donors (Lipinski definition) is 2. The first-order valence-corrected chi connectivity index (χ1v) is 5.64. The number of nitrogens with one attached hydrogen (secondary N) is 2. The second-order valence-corrected chi connectivity index (χ2v) is 3.93. The van der Waals surface area contributed by atoms with Gasteiger partial charge < -0.3 is 14.5 Å². The summed E-state index contributed by atoms with van der Waals surface area (Å²) >= 11 is 0. The number of fused-ring (bicyclic) bond motifs is 1. The second-order valence-electron chi connectivity index (χ2n) is 3.93. The minimum absolute atomic E-state index is 0.291. The van der Waals surface area contributed by atoms with E-state index in [1.54, 1.807) is 25.4 Å². The highest BCUT2D eigenvalue weighted by molar-refractivity contribution is 5.71. The van der Waals surface area contributed by atoms with Crippen LogP contribution < -0.4 is 15.2 Å². The van der Waals surface area contributed by atoms with Crippen LogP contribution in [-0.4, -0.2) is 22.1 Å². The summed E-state index contributed by atoms with van der Waals surface area (Å²) < 4.78 is 10.8. The maximum Gasteiger partial charge on any atom is 0.325 e. The summed E-state index contributed by atoms with van der Waals surface area (Å²) in [5.41, 5.74) is 0.814. The molecular weight excluding hydrogens is 246 g/mol. The van der Waals surface area contributed by atoms with Crippen LogP contribution in [0.25, 0.3) is 11.2 Å². The third-order valence-corrected chi connectivity index (χ3v) is 2.62. The number of ether oxygens (including phenoxy) is 2. The number of benzene rings is 1. The number of aromatic amines is 2. The van der Waals surface area contributed by atoms with Crippen LogP contribution in [0.4, 0.5) is 0 Å². The number of methoxy groups -OCH3 is 1. The average Bonchev–Trinajstić information content (AvgIpc) is 2.78. The number of hydrogen-bond acceptors (Lipinski definition) is 4. The summed E-state index contributed by atoms with van der Waals surface area (Å²) in [5.74, 6) is 1.89. The van der Waals surface area contributed by atoms with Gasteiger partial charge in [-0.05, 0) is 12.1 Å². The third-order valence-electron chi connectivity index (χ3n) is 2.62. The highest BCUT2D eigenvalue weighted by Crippen LogP contribution is 2.25. The lowest BCUT2D eigenvalue weighted by molar-refractivity contribution is 0.409. The maximum absolute atomic E-state index is 11.1. The molecule has 6 heteroatoms. The second kappa shape index (κ2) is 4.49. The molecule has 0 saturated carbocycles. The number of rotatable bonds is 3. The number of pyridine rings is 1. The lowest BCUT2D eigenvalue weighted by Gasteiger charge is -2.06. The molecule has 96 valence electrons. The zero-order valence-electron chi connectivity index (χ0n) is 10.1. The van der Waals surface area contributed by atoms with Gasteiger partial charge in [0.1, 0.15) is 17.2 Å². The minimum atomic E-state index is -0.291. The third kappa shape index (κ3) is 2.28. The summed E-state index contributed by atoms with van der Waals surface area (Å²) in [6, 6.07) is 8.95. The Bertz CT molecular complexity index is 776. The van der Waals surface area contributed by atoms with Crippen molar-refractivity contribution < 1.29 is 9.47 Å². The predicted octanol–water partition coefficient (Wildman–Crippen LogP) is 2.05. The highest BCUT2D eigenvalue weighted by Gasteiger charge is 2.04. The molecule has 0 aliphatic heterocycles. The van der Waals surface area contributed by atoms with Gasteiger partial charge >= 0.3 is 5.69 Å². The molecular formula is C13H11N3O3. The summed E-state index contributed by atoms with van der Waals surface area (Å²) in [6.45, 7) is 0. The van der Waals surface area contributed by atoms with E-state index in [2.05, 4.69) is 15.0 Å². The van der Waals surface area contributed by atoms with Crippen molar-refractivity contribution in [1.82, 2.24) is 15.0 Å². The van der Waals surface area contributed by atoms with Gasteiger partial charge in [-0.2, -0.15) is 0 Å². The molecule has 3 rings (SSSR count). The summed E-state index contributed by atoms with van der Waals surface area (Å²) in [6.07, 6.45) is 1.55. The van der Waals surface area contributed by atoms with Crippen molar-refractivity contribution >= 4 is 11.2 Å². The van der Waals surface area contributed by atoms with E-state index in [4.69, 9.17) is 9.47 Å². The Morgan fingerprint density at radius 1 is 1.11 bits per heavy atom. The maximum atomic E-state index is 11.1. The molecule has 0 radical (unpaired) electrons. The normalized spacial score (nSPS) is 10.6. The fraction of sp³-hybridized carbons (Fsp3) is 0.0769. The van der Waals surface area contributed by atoms with Crippen molar-refractivity contribution in [2.75, 3.05) is 7.11 Å². The summed E-state index contributed by atoms with van der Waals surface area (Å²) in [5, 5.41) is 0. The van der Waals surface area contributed by atoms with E-state index in [1.807, 2.05) is 18.2 Å². The van der Waals surface area contributed by atoms with Gasteiger partial charge in [0.15, 0.2) is 5.65 Å². The van der Waals surface area contributed by atoms with Crippen molar-refractivity contribution in [3.8, 4) is 17.2 Å². The van der Waals surface area contributed by atoms with E-state index in [-0.39, 0.29) is 5.69 Å². The fourth-order valence-corrected chi connectivity index (χ4v) is 1.76. The van der Waals surface area contributed by atoms with Gasteiger partial charge in [0.05, 0.1) is 18.8 Å². The Balaban J connectivity index is 1.93. The lowest BCUT2D eigenvalue weighted by atomic mass is 10.3. The van der Waals surface area contributed by atoms with E-state index in [0.717, 1.165) is 0 Å². The molecule has 0 fully saturated rings. The molecule has 2 heterocycles. The van der Waals surface area contributed by atoms with Crippen molar-refractivity contribution in [1.29, 1.82) is 0 Å². The number of imidazole rings is 1. The van der Waals surface area contributed by atoms with Gasteiger partial charge in [0.25, 0.3) is 0 Å². The zero-order chi connectivity index (χ0) is 13.2. The summed E-state index contributed by atoms with van der Waals surface area (Å²) in [7, 11) is 1.59. The fourth-order valence-electron chi connectivity index (χ4n) is 1.76. The number of nitrogens with zero attached hydrogens (tertiary/aromatic N) is 1. The van der Waals surface area contributed by atoms with Gasteiger partial charge in [-0.3, -0.25) is 4.98 Å². The molecule has 0 aliphatic carbocycles. The Morgan fingerprint density at radius 3 is 2.79 bits per heavy atom. The minimum Gasteiger partial charge on any atom is -0.497 e. The molecule has 19 heavy (non-hydrogen) atoms. The van der Waals surface area contributed by atoms with E-state index >= 15 is 0 Å². The molecule has 0 amide bonds. The van der Waals surface area contributed by atoms with Crippen molar-refractivity contribution in [2.24, 2.45) is 0 Å². The van der Waals surface area contributed by atoms with Gasteiger partial charge in [0, 0.05) is 12.1 Å². The van der Waals surface area contributed by atoms with Gasteiger partial charge in [-0.15, -0.1) is 0 Å². The average molecular weight is 257 g/mol. The topological polar surface area (TPSA) is 80.0 Å². The molecule has 0 aliphatic rings. The first-order chi connectivity index (χ1) is 9.24. The smallest absolute Gasteiger partial charge is 0.325 e. The molecule has 0 atom stereocenters. The van der Waals surface area contributed by atoms with Gasteiger partial charge in [-0.25, -0.2) is 9.78 Å².